The fourth-order valence-electron chi connectivity index (χ4n) is 0.861. The molecule has 0 aliphatic rings. The first-order valence-electron chi connectivity index (χ1n) is 4.41. The van der Waals surface area contributed by atoms with Crippen molar-refractivity contribution in [2.75, 3.05) is 13.1 Å². The molecule has 0 saturated carbocycles. The van der Waals surface area contributed by atoms with Crippen LogP contribution in [0, 0.1) is 0 Å². The second-order valence-corrected chi connectivity index (χ2v) is 3.06. The number of allylic oxidation sites excluding steroid dienone is 1. The predicted molar refractivity (Wildman–Crippen MR) is 58.1 cm³/mol. The van der Waals surface area contributed by atoms with Crippen molar-refractivity contribution in [3.63, 3.8) is 0 Å². The largest absolute Gasteiger partial charge is 0.376 e. The van der Waals surface area contributed by atoms with Crippen LogP contribution in [0.25, 0.3) is 0 Å². The molecule has 2 nitrogen and oxygen atoms in total. The van der Waals surface area contributed by atoms with Gasteiger partial charge < -0.3 is 10.6 Å². The topological polar surface area (TPSA) is 29.3 Å². The van der Waals surface area contributed by atoms with Gasteiger partial charge in [0.1, 0.15) is 0 Å². The zero-order chi connectivity index (χ0) is 9.40. The van der Waals surface area contributed by atoms with E-state index in [1.807, 2.05) is 11.8 Å². The first-order chi connectivity index (χ1) is 5.72. The van der Waals surface area contributed by atoms with Crippen LogP contribution in [0.4, 0.5) is 0 Å². The lowest BCUT2D eigenvalue weighted by atomic mass is 10.3. The Kier molecular flexibility index (Phi) is 6.76. The highest BCUT2D eigenvalue weighted by Gasteiger charge is 1.98. The summed E-state index contributed by atoms with van der Waals surface area (Å²) in [6.07, 6.45) is 6.61. The highest BCUT2D eigenvalue weighted by atomic mass is 32.1. The van der Waals surface area contributed by atoms with Crippen LogP contribution < -0.4 is 5.73 Å². The van der Waals surface area contributed by atoms with Gasteiger partial charge in [-0.3, -0.25) is 0 Å². The van der Waals surface area contributed by atoms with E-state index in [1.54, 1.807) is 0 Å². The van der Waals surface area contributed by atoms with Gasteiger partial charge in [0.25, 0.3) is 0 Å². The van der Waals surface area contributed by atoms with E-state index in [9.17, 15) is 0 Å². The lowest BCUT2D eigenvalue weighted by molar-refractivity contribution is 0.491. The van der Waals surface area contributed by atoms with Gasteiger partial charge in [0.2, 0.25) is 0 Å². The molecular weight excluding hydrogens is 168 g/mol. The molecule has 0 rings (SSSR count). The van der Waals surface area contributed by atoms with Crippen molar-refractivity contribution < 1.29 is 0 Å². The minimum Gasteiger partial charge on any atom is -0.376 e. The minimum absolute atomic E-state index is 0.485. The fraction of sp³-hybridized carbons (Fsp3) is 0.667. The van der Waals surface area contributed by atoms with Crippen molar-refractivity contribution in [1.29, 1.82) is 0 Å². The Morgan fingerprint density at radius 3 is 2.50 bits per heavy atom. The van der Waals surface area contributed by atoms with Crippen LogP contribution in [0.1, 0.15) is 26.7 Å². The average molecular weight is 186 g/mol. The molecule has 0 aromatic carbocycles. The molecule has 0 aliphatic carbocycles. The Bertz CT molecular complexity index is 155. The molecule has 0 radical (unpaired) electrons. The molecule has 0 heterocycles. The molecule has 0 saturated heterocycles. The third kappa shape index (κ3) is 5.13. The van der Waals surface area contributed by atoms with Crippen molar-refractivity contribution in [3.05, 3.63) is 12.2 Å². The number of unbranched alkanes of at least 4 members (excludes halogenated alkanes) is 1. The molecule has 0 amide bonds. The van der Waals surface area contributed by atoms with E-state index in [0.29, 0.717) is 5.11 Å². The lowest BCUT2D eigenvalue weighted by Crippen LogP contribution is -2.35. The van der Waals surface area contributed by atoms with Gasteiger partial charge in [0.15, 0.2) is 5.11 Å². The van der Waals surface area contributed by atoms with E-state index < -0.39 is 0 Å². The van der Waals surface area contributed by atoms with Crippen LogP contribution >= 0.6 is 12.2 Å². The van der Waals surface area contributed by atoms with E-state index in [2.05, 4.69) is 19.1 Å². The van der Waals surface area contributed by atoms with Gasteiger partial charge in [0.05, 0.1) is 0 Å². The van der Waals surface area contributed by atoms with Gasteiger partial charge >= 0.3 is 0 Å². The molecule has 0 atom stereocenters. The summed E-state index contributed by atoms with van der Waals surface area (Å²) in [6.45, 7) is 5.93. The smallest absolute Gasteiger partial charge is 0.166 e. The Labute approximate surface area is 80.4 Å². The molecule has 70 valence electrons. The monoisotopic (exact) mass is 186 g/mol. The standard InChI is InChI=1S/C9H18N2S/c1-3-5-6-7-8-11(4-2)9(10)12/h6-7H,3-5,8H2,1-2H3,(H2,10,12). The number of nitrogens with two attached hydrogens (primary N) is 1. The number of hydrogen-bond acceptors (Lipinski definition) is 1. The maximum Gasteiger partial charge on any atom is 0.166 e. The molecule has 0 aliphatic heterocycles. The first kappa shape index (κ1) is 11.4. The lowest BCUT2D eigenvalue weighted by Gasteiger charge is -2.18. The Hall–Kier alpha value is -0.570. The third-order valence-corrected chi connectivity index (χ3v) is 1.90. The Balaban J connectivity index is 3.64. The zero-order valence-corrected chi connectivity index (χ0v) is 8.73. The summed E-state index contributed by atoms with van der Waals surface area (Å²) < 4.78 is 0. The summed E-state index contributed by atoms with van der Waals surface area (Å²) in [5.41, 5.74) is 5.49. The number of thiocarbonyl (C=S) groups is 1. The molecule has 2 N–H and O–H groups in total. The Morgan fingerprint density at radius 2 is 2.08 bits per heavy atom. The van der Waals surface area contributed by atoms with Crippen molar-refractivity contribution in [2.45, 2.75) is 26.7 Å². The highest BCUT2D eigenvalue weighted by molar-refractivity contribution is 7.80. The first-order valence-corrected chi connectivity index (χ1v) is 4.82. The van der Waals surface area contributed by atoms with E-state index in [1.165, 1.54) is 6.42 Å². The van der Waals surface area contributed by atoms with Crippen molar-refractivity contribution >= 4 is 17.3 Å². The normalized spacial score (nSPS) is 10.5. The summed E-state index contributed by atoms with van der Waals surface area (Å²) in [4.78, 5) is 1.96. The molecule has 0 aromatic heterocycles. The Morgan fingerprint density at radius 1 is 1.42 bits per heavy atom. The van der Waals surface area contributed by atoms with E-state index in [-0.39, 0.29) is 0 Å². The van der Waals surface area contributed by atoms with E-state index >= 15 is 0 Å². The molecule has 0 fully saturated rings. The molecule has 3 heteroatoms. The van der Waals surface area contributed by atoms with E-state index in [4.69, 9.17) is 18.0 Å². The SMILES string of the molecule is CCCC=CCN(CC)C(N)=S. The van der Waals surface area contributed by atoms with Gasteiger partial charge in [0, 0.05) is 13.1 Å². The van der Waals surface area contributed by atoms with E-state index in [0.717, 1.165) is 19.5 Å². The minimum atomic E-state index is 0.485. The molecular formula is C9H18N2S. The molecule has 0 unspecified atom stereocenters. The van der Waals surface area contributed by atoms with Crippen LogP contribution in [0.3, 0.4) is 0 Å². The third-order valence-electron chi connectivity index (χ3n) is 1.64. The van der Waals surface area contributed by atoms with Gasteiger partial charge in [-0.15, -0.1) is 0 Å². The van der Waals surface area contributed by atoms with Crippen LogP contribution in [0.5, 0.6) is 0 Å². The molecule has 0 bridgehead atoms. The van der Waals surface area contributed by atoms with Crippen LogP contribution in [-0.2, 0) is 0 Å². The molecule has 0 spiro atoms. The average Bonchev–Trinajstić information content (AvgIpc) is 2.04. The van der Waals surface area contributed by atoms with Crippen molar-refractivity contribution in [1.82, 2.24) is 4.90 Å². The van der Waals surface area contributed by atoms with Crippen molar-refractivity contribution in [3.8, 4) is 0 Å². The molecule has 12 heavy (non-hydrogen) atoms. The summed E-state index contributed by atoms with van der Waals surface area (Å²) in [5, 5.41) is 0.485. The fourth-order valence-corrected chi connectivity index (χ4v) is 1.06. The predicted octanol–water partition coefficient (Wildman–Crippen LogP) is 1.91. The second kappa shape index (κ2) is 7.10. The van der Waals surface area contributed by atoms with Crippen LogP contribution in [0.2, 0.25) is 0 Å². The number of likely N-dealkylation sites (N-methyl/N-ethyl adjacent to an activating group) is 1. The van der Waals surface area contributed by atoms with Gasteiger partial charge in [-0.2, -0.15) is 0 Å². The van der Waals surface area contributed by atoms with Crippen molar-refractivity contribution in [2.24, 2.45) is 5.73 Å². The number of rotatable bonds is 5. The summed E-state index contributed by atoms with van der Waals surface area (Å²) in [5.74, 6) is 0. The van der Waals surface area contributed by atoms with Gasteiger partial charge in [-0.05, 0) is 25.6 Å². The zero-order valence-electron chi connectivity index (χ0n) is 7.92. The van der Waals surface area contributed by atoms with Crippen LogP contribution in [0.15, 0.2) is 12.2 Å². The van der Waals surface area contributed by atoms with Gasteiger partial charge in [-0.1, -0.05) is 25.5 Å². The summed E-state index contributed by atoms with van der Waals surface area (Å²) >= 11 is 4.86. The maximum atomic E-state index is 5.49. The van der Waals surface area contributed by atoms with Gasteiger partial charge in [-0.25, -0.2) is 0 Å². The quantitative estimate of drug-likeness (QED) is 0.525. The number of hydrogen-bond donors (Lipinski definition) is 1. The number of nitrogens with zero attached hydrogens (tertiary/aromatic N) is 1. The van der Waals surface area contributed by atoms with Crippen LogP contribution in [-0.4, -0.2) is 23.1 Å². The highest BCUT2D eigenvalue weighted by Crippen LogP contribution is 1.92. The summed E-state index contributed by atoms with van der Waals surface area (Å²) in [6, 6.07) is 0. The maximum absolute atomic E-state index is 5.49. The molecule has 0 aromatic rings. The second-order valence-electron chi connectivity index (χ2n) is 2.64. The summed E-state index contributed by atoms with van der Waals surface area (Å²) in [7, 11) is 0.